The molecule has 0 aliphatic carbocycles. The summed E-state index contributed by atoms with van der Waals surface area (Å²) in [6, 6.07) is 1.36. The Morgan fingerprint density at radius 2 is 2.38 bits per heavy atom. The number of alkyl halides is 2. The first kappa shape index (κ1) is 14.7. The van der Waals surface area contributed by atoms with Crippen molar-refractivity contribution in [2.24, 2.45) is 0 Å². The summed E-state index contributed by atoms with van der Waals surface area (Å²) in [7, 11) is 0. The monoisotopic (exact) mass is 318 g/mol. The fourth-order valence-corrected chi connectivity index (χ4v) is 3.52. The van der Waals surface area contributed by atoms with Crippen LogP contribution in [-0.2, 0) is 4.74 Å². The molecule has 0 saturated carbocycles. The average Bonchev–Trinajstić information content (AvgIpc) is 2.92. The number of hydrogen-bond donors (Lipinski definition) is 2. The number of thiophene rings is 1. The van der Waals surface area contributed by atoms with Crippen LogP contribution in [0.15, 0.2) is 6.07 Å². The average molecular weight is 318 g/mol. The van der Waals surface area contributed by atoms with Gasteiger partial charge in [-0.25, -0.2) is 0 Å². The lowest BCUT2D eigenvalue weighted by molar-refractivity contribution is -0.0498. The first-order valence-electron chi connectivity index (χ1n) is 6.68. The van der Waals surface area contributed by atoms with Crippen LogP contribution in [0.4, 0.5) is 8.78 Å². The van der Waals surface area contributed by atoms with Gasteiger partial charge in [0.2, 0.25) is 0 Å². The van der Waals surface area contributed by atoms with E-state index in [0.717, 1.165) is 35.7 Å². The number of carbonyl (C=O) groups is 1. The molecule has 3 rings (SSSR count). The minimum atomic E-state index is -2.94. The van der Waals surface area contributed by atoms with Crippen molar-refractivity contribution in [2.45, 2.75) is 31.6 Å². The fraction of sp³-hybridized carbons (Fsp3) is 0.615. The van der Waals surface area contributed by atoms with E-state index in [1.807, 2.05) is 0 Å². The Morgan fingerprint density at radius 1 is 1.62 bits per heavy atom. The molecule has 1 aromatic rings. The van der Waals surface area contributed by atoms with Crippen molar-refractivity contribution in [3.8, 4) is 5.75 Å². The first-order valence-corrected chi connectivity index (χ1v) is 7.50. The number of halogens is 2. The number of aryl methyl sites for hydroxylation is 1. The van der Waals surface area contributed by atoms with E-state index >= 15 is 0 Å². The second-order valence-corrected chi connectivity index (χ2v) is 6.66. The molecule has 2 N–H and O–H groups in total. The Balaban J connectivity index is 1.65. The van der Waals surface area contributed by atoms with Gasteiger partial charge in [0.25, 0.3) is 5.91 Å². The van der Waals surface area contributed by atoms with E-state index in [-0.39, 0.29) is 28.2 Å². The number of nitrogens with one attached hydrogen (secondary N) is 2. The zero-order valence-electron chi connectivity index (χ0n) is 11.4. The quantitative estimate of drug-likeness (QED) is 0.884. The van der Waals surface area contributed by atoms with Gasteiger partial charge in [-0.05, 0) is 13.0 Å². The van der Waals surface area contributed by atoms with Crippen molar-refractivity contribution in [1.29, 1.82) is 0 Å². The van der Waals surface area contributed by atoms with Crippen LogP contribution in [0.2, 0.25) is 0 Å². The van der Waals surface area contributed by atoms with Crippen molar-refractivity contribution in [3.05, 3.63) is 15.8 Å². The van der Waals surface area contributed by atoms with Gasteiger partial charge in [0.05, 0.1) is 18.2 Å². The summed E-state index contributed by atoms with van der Waals surface area (Å²) in [6.45, 7) is 0.828. The van der Waals surface area contributed by atoms with Gasteiger partial charge in [-0.1, -0.05) is 0 Å². The fourth-order valence-electron chi connectivity index (χ4n) is 2.67. The standard InChI is InChI=1S/C13H16F2N2O3S/c1-7-2-9(20-12(14)15)10(21-7)11(18)17-8-3-13(19-4-8)5-16-6-13/h2,8,12,16H,3-6H2,1H3,(H,17,18). The maximum atomic E-state index is 12.4. The van der Waals surface area contributed by atoms with E-state index in [9.17, 15) is 13.6 Å². The Labute approximate surface area is 124 Å². The largest absolute Gasteiger partial charge is 0.433 e. The van der Waals surface area contributed by atoms with Crippen LogP contribution < -0.4 is 15.4 Å². The minimum absolute atomic E-state index is 0.0658. The number of rotatable bonds is 4. The van der Waals surface area contributed by atoms with Gasteiger partial charge in [-0.15, -0.1) is 11.3 Å². The van der Waals surface area contributed by atoms with Gasteiger partial charge < -0.3 is 20.1 Å². The third kappa shape index (κ3) is 3.02. The summed E-state index contributed by atoms with van der Waals surface area (Å²) < 4.78 is 34.8. The number of ether oxygens (including phenoxy) is 2. The highest BCUT2D eigenvalue weighted by Crippen LogP contribution is 2.32. The van der Waals surface area contributed by atoms with E-state index in [0.29, 0.717) is 6.61 Å². The van der Waals surface area contributed by atoms with Crippen LogP contribution in [0.25, 0.3) is 0 Å². The second-order valence-electron chi connectivity index (χ2n) is 5.40. The number of amides is 1. The van der Waals surface area contributed by atoms with Crippen molar-refractivity contribution in [1.82, 2.24) is 10.6 Å². The third-order valence-electron chi connectivity index (χ3n) is 3.68. The molecule has 1 amide bonds. The van der Waals surface area contributed by atoms with Gasteiger partial charge in [0, 0.05) is 24.4 Å². The smallest absolute Gasteiger partial charge is 0.387 e. The molecule has 2 saturated heterocycles. The number of hydrogen-bond acceptors (Lipinski definition) is 5. The van der Waals surface area contributed by atoms with Crippen molar-refractivity contribution in [2.75, 3.05) is 19.7 Å². The summed E-state index contributed by atoms with van der Waals surface area (Å²) in [5.41, 5.74) is -0.161. The van der Waals surface area contributed by atoms with Gasteiger partial charge in [0.1, 0.15) is 10.6 Å². The van der Waals surface area contributed by atoms with Crippen molar-refractivity contribution < 1.29 is 23.0 Å². The molecule has 3 heterocycles. The molecule has 1 atom stereocenters. The van der Waals surface area contributed by atoms with Crippen LogP contribution in [-0.4, -0.2) is 43.9 Å². The predicted octanol–water partition coefficient (Wildman–Crippen LogP) is 1.52. The normalized spacial score (nSPS) is 23.3. The molecule has 116 valence electrons. The van der Waals surface area contributed by atoms with Crippen molar-refractivity contribution in [3.63, 3.8) is 0 Å². The Kier molecular flexibility index (Phi) is 3.85. The molecule has 5 nitrogen and oxygen atoms in total. The van der Waals surface area contributed by atoms with Gasteiger partial charge in [-0.3, -0.25) is 4.79 Å². The Morgan fingerprint density at radius 3 is 2.95 bits per heavy atom. The maximum Gasteiger partial charge on any atom is 0.387 e. The topological polar surface area (TPSA) is 59.6 Å². The van der Waals surface area contributed by atoms with Crippen molar-refractivity contribution >= 4 is 17.2 Å². The minimum Gasteiger partial charge on any atom is -0.433 e. The summed E-state index contributed by atoms with van der Waals surface area (Å²) in [5, 5.41) is 5.98. The van der Waals surface area contributed by atoms with Crippen LogP contribution in [0.3, 0.4) is 0 Å². The van der Waals surface area contributed by atoms with E-state index in [1.54, 1.807) is 6.92 Å². The molecule has 1 spiro atoms. The molecule has 1 unspecified atom stereocenters. The predicted molar refractivity (Wildman–Crippen MR) is 73.1 cm³/mol. The molecule has 1 aromatic heterocycles. The lowest BCUT2D eigenvalue weighted by atomic mass is 9.92. The summed E-state index contributed by atoms with van der Waals surface area (Å²) in [6.07, 6.45) is 0.737. The molecule has 8 heteroatoms. The van der Waals surface area contributed by atoms with Crippen LogP contribution >= 0.6 is 11.3 Å². The van der Waals surface area contributed by atoms with E-state index in [2.05, 4.69) is 15.4 Å². The molecule has 21 heavy (non-hydrogen) atoms. The second kappa shape index (κ2) is 5.51. The summed E-state index contributed by atoms with van der Waals surface area (Å²) in [4.78, 5) is 13.2. The molecule has 0 bridgehead atoms. The lowest BCUT2D eigenvalue weighted by Crippen LogP contribution is -2.59. The molecule has 2 aliphatic heterocycles. The highest BCUT2D eigenvalue weighted by Gasteiger charge is 2.45. The third-order valence-corrected chi connectivity index (χ3v) is 4.71. The number of carbonyl (C=O) groups excluding carboxylic acids is 1. The van der Waals surface area contributed by atoms with E-state index < -0.39 is 6.61 Å². The SMILES string of the molecule is Cc1cc(OC(F)F)c(C(=O)NC2COC3(CNC3)C2)s1. The first-order chi connectivity index (χ1) is 9.97. The van der Waals surface area contributed by atoms with Gasteiger partial charge in [0.15, 0.2) is 0 Å². The molecular weight excluding hydrogens is 302 g/mol. The Bertz CT molecular complexity index is 546. The molecular formula is C13H16F2N2O3S. The van der Waals surface area contributed by atoms with E-state index in [4.69, 9.17) is 4.74 Å². The van der Waals surface area contributed by atoms with Crippen LogP contribution in [0.5, 0.6) is 5.75 Å². The van der Waals surface area contributed by atoms with E-state index in [1.165, 1.54) is 6.07 Å². The molecule has 2 aliphatic rings. The molecule has 2 fully saturated rings. The zero-order valence-corrected chi connectivity index (χ0v) is 12.3. The summed E-state index contributed by atoms with van der Waals surface area (Å²) >= 11 is 1.14. The van der Waals surface area contributed by atoms with Crippen LogP contribution in [0, 0.1) is 6.92 Å². The zero-order chi connectivity index (χ0) is 15.0. The van der Waals surface area contributed by atoms with Crippen LogP contribution in [0.1, 0.15) is 21.0 Å². The van der Waals surface area contributed by atoms with Gasteiger partial charge >= 0.3 is 6.61 Å². The highest BCUT2D eigenvalue weighted by atomic mass is 32.1. The lowest BCUT2D eigenvalue weighted by Gasteiger charge is -2.38. The highest BCUT2D eigenvalue weighted by molar-refractivity contribution is 7.14. The summed E-state index contributed by atoms with van der Waals surface area (Å²) in [5.74, 6) is -0.453. The molecule has 0 aromatic carbocycles. The molecule has 0 radical (unpaired) electrons. The maximum absolute atomic E-state index is 12.4. The van der Waals surface area contributed by atoms with Gasteiger partial charge in [-0.2, -0.15) is 8.78 Å². The Hall–Kier alpha value is -1.25.